The van der Waals surface area contributed by atoms with Crippen molar-refractivity contribution in [1.82, 2.24) is 26.6 Å². The predicted molar refractivity (Wildman–Crippen MR) is 120 cm³/mol. The molecule has 0 radical (unpaired) electrons. The number of aliphatic hydroxyl groups is 1. The van der Waals surface area contributed by atoms with Crippen LogP contribution in [0.4, 0.5) is 4.79 Å². The van der Waals surface area contributed by atoms with Crippen LogP contribution in [0.2, 0.25) is 0 Å². The van der Waals surface area contributed by atoms with Gasteiger partial charge in [-0.25, -0.2) is 4.79 Å². The highest BCUT2D eigenvalue weighted by atomic mass is 16.5. The number of aliphatic hydroxyl groups excluding tert-OH is 1. The highest BCUT2D eigenvalue weighted by Crippen LogP contribution is 2.19. The van der Waals surface area contributed by atoms with E-state index in [1.54, 1.807) is 13.8 Å². The van der Waals surface area contributed by atoms with Crippen molar-refractivity contribution in [2.24, 2.45) is 11.1 Å². The molecule has 190 valence electrons. The van der Waals surface area contributed by atoms with Crippen molar-refractivity contribution in [3.05, 3.63) is 0 Å². The van der Waals surface area contributed by atoms with Gasteiger partial charge in [-0.05, 0) is 19.3 Å². The van der Waals surface area contributed by atoms with Crippen molar-refractivity contribution in [1.29, 1.82) is 0 Å². The molecule has 0 aliphatic carbocycles. The second-order valence-corrected chi connectivity index (χ2v) is 7.88. The minimum absolute atomic E-state index is 0.0655. The van der Waals surface area contributed by atoms with Crippen LogP contribution < -0.4 is 32.3 Å². The van der Waals surface area contributed by atoms with Crippen LogP contribution in [0.3, 0.4) is 0 Å². The molecule has 0 atom stereocenters. The lowest BCUT2D eigenvalue weighted by molar-refractivity contribution is -0.132. The molecule has 0 saturated carbocycles. The van der Waals surface area contributed by atoms with E-state index in [-0.39, 0.29) is 69.5 Å². The zero-order valence-electron chi connectivity index (χ0n) is 19.5. The molecule has 0 aromatic rings. The molecule has 33 heavy (non-hydrogen) atoms. The summed E-state index contributed by atoms with van der Waals surface area (Å²) in [5, 5.41) is 21.6. The van der Waals surface area contributed by atoms with Gasteiger partial charge in [-0.15, -0.1) is 0 Å². The summed E-state index contributed by atoms with van der Waals surface area (Å²) in [5.74, 6) is -1.35. The van der Waals surface area contributed by atoms with Crippen LogP contribution in [0.15, 0.2) is 0 Å². The number of unbranched alkanes of at least 4 members (excludes halogenated alkanes) is 1. The van der Waals surface area contributed by atoms with Crippen LogP contribution in [0.25, 0.3) is 0 Å². The minimum atomic E-state index is -0.760. The maximum absolute atomic E-state index is 11.9. The van der Waals surface area contributed by atoms with Gasteiger partial charge in [0.2, 0.25) is 23.6 Å². The Kier molecular flexibility index (Phi) is 16.0. The molecule has 0 rings (SSSR count). The van der Waals surface area contributed by atoms with Gasteiger partial charge >= 0.3 is 6.03 Å². The molecule has 0 heterocycles. The van der Waals surface area contributed by atoms with E-state index < -0.39 is 11.4 Å². The molecular weight excluding hydrogens is 436 g/mol. The zero-order valence-corrected chi connectivity index (χ0v) is 19.5. The fourth-order valence-electron chi connectivity index (χ4n) is 2.40. The summed E-state index contributed by atoms with van der Waals surface area (Å²) < 4.78 is 5.26. The smallest absolute Gasteiger partial charge is 0.312 e. The Bertz CT molecular complexity index is 642. The van der Waals surface area contributed by atoms with E-state index in [1.165, 1.54) is 0 Å². The number of amides is 6. The Labute approximate surface area is 193 Å². The quantitative estimate of drug-likeness (QED) is 0.108. The van der Waals surface area contributed by atoms with Gasteiger partial charge < -0.3 is 42.2 Å². The molecule has 8 N–H and O–H groups in total. The second-order valence-electron chi connectivity index (χ2n) is 7.88. The molecule has 0 fully saturated rings. The molecule has 0 bridgehead atoms. The van der Waals surface area contributed by atoms with Gasteiger partial charge in [0.05, 0.1) is 26.3 Å². The van der Waals surface area contributed by atoms with Crippen LogP contribution >= 0.6 is 0 Å². The average molecular weight is 475 g/mol. The van der Waals surface area contributed by atoms with E-state index in [0.29, 0.717) is 32.4 Å². The van der Waals surface area contributed by atoms with E-state index in [2.05, 4.69) is 26.6 Å². The number of rotatable bonds is 18. The fourth-order valence-corrected chi connectivity index (χ4v) is 2.40. The van der Waals surface area contributed by atoms with Gasteiger partial charge in [0.25, 0.3) is 0 Å². The third-order valence-electron chi connectivity index (χ3n) is 4.47. The molecule has 0 aliphatic rings. The third kappa shape index (κ3) is 17.3. The van der Waals surface area contributed by atoms with E-state index >= 15 is 0 Å². The molecule has 0 aliphatic heterocycles. The maximum Gasteiger partial charge on any atom is 0.312 e. The summed E-state index contributed by atoms with van der Waals surface area (Å²) in [6.07, 6.45) is 1.70. The molecule has 13 nitrogen and oxygen atoms in total. The second kappa shape index (κ2) is 17.6. The van der Waals surface area contributed by atoms with Crippen molar-refractivity contribution in [3.63, 3.8) is 0 Å². The van der Waals surface area contributed by atoms with Gasteiger partial charge in [0, 0.05) is 38.1 Å². The predicted octanol–water partition coefficient (Wildman–Crippen LogP) is -2.28. The molecule has 0 saturated heterocycles. The topological polar surface area (TPSA) is 201 Å². The first kappa shape index (κ1) is 30.1. The Morgan fingerprint density at radius 1 is 0.788 bits per heavy atom. The maximum atomic E-state index is 11.9. The Morgan fingerprint density at radius 2 is 1.36 bits per heavy atom. The lowest BCUT2D eigenvalue weighted by Gasteiger charge is -2.22. The van der Waals surface area contributed by atoms with Gasteiger partial charge in [0.1, 0.15) is 0 Å². The van der Waals surface area contributed by atoms with Crippen LogP contribution in [0.5, 0.6) is 0 Å². The van der Waals surface area contributed by atoms with Crippen molar-refractivity contribution >= 4 is 29.7 Å². The Morgan fingerprint density at radius 3 is 1.97 bits per heavy atom. The largest absolute Gasteiger partial charge is 0.396 e. The van der Waals surface area contributed by atoms with E-state index in [0.717, 1.165) is 0 Å². The molecule has 0 spiro atoms. The standard InChI is InChI=1S/C20H38N6O7/c1-20(2,6-10-27)18(31)26-14-17(30)23-9-12-33-11-5-15(28)25-13-16(29)22-7-3-4-8-24-19(21)32/h27H,3-14H2,1-2H3,(H,22,29)(H,23,30)(H,25,28)(H,26,31)(H3,21,24,32). The number of hydrogen-bond donors (Lipinski definition) is 7. The van der Waals surface area contributed by atoms with Crippen molar-refractivity contribution in [3.8, 4) is 0 Å². The van der Waals surface area contributed by atoms with E-state index in [4.69, 9.17) is 15.6 Å². The number of primary amides is 1. The number of ether oxygens (including phenoxy) is 1. The molecule has 6 amide bonds. The van der Waals surface area contributed by atoms with Crippen LogP contribution in [0.1, 0.15) is 39.5 Å². The monoisotopic (exact) mass is 474 g/mol. The summed E-state index contributed by atoms with van der Waals surface area (Å²) in [6, 6.07) is -0.587. The fraction of sp³-hybridized carbons (Fsp3) is 0.750. The average Bonchev–Trinajstić information content (AvgIpc) is 2.75. The highest BCUT2D eigenvalue weighted by Gasteiger charge is 2.26. The van der Waals surface area contributed by atoms with Crippen LogP contribution in [0, 0.1) is 5.41 Å². The highest BCUT2D eigenvalue weighted by molar-refractivity contribution is 5.87. The summed E-state index contributed by atoms with van der Waals surface area (Å²) >= 11 is 0. The number of hydrogen-bond acceptors (Lipinski definition) is 7. The zero-order chi connectivity index (χ0) is 25.1. The summed E-state index contributed by atoms with van der Waals surface area (Å²) in [6.45, 7) is 4.32. The molecule has 13 heteroatoms. The Hall–Kier alpha value is -2.93. The first-order chi connectivity index (χ1) is 15.6. The van der Waals surface area contributed by atoms with Gasteiger partial charge in [0.15, 0.2) is 0 Å². The summed E-state index contributed by atoms with van der Waals surface area (Å²) in [5.41, 5.74) is 4.17. The summed E-state index contributed by atoms with van der Waals surface area (Å²) in [4.78, 5) is 57.5. The van der Waals surface area contributed by atoms with E-state index in [1.807, 2.05) is 0 Å². The third-order valence-corrected chi connectivity index (χ3v) is 4.47. The van der Waals surface area contributed by atoms with Crippen LogP contribution in [-0.2, 0) is 23.9 Å². The minimum Gasteiger partial charge on any atom is -0.396 e. The summed E-state index contributed by atoms with van der Waals surface area (Å²) in [7, 11) is 0. The number of carbonyl (C=O) groups excluding carboxylic acids is 5. The lowest BCUT2D eigenvalue weighted by Crippen LogP contribution is -2.43. The van der Waals surface area contributed by atoms with Crippen LogP contribution in [-0.4, -0.2) is 87.3 Å². The van der Waals surface area contributed by atoms with Crippen molar-refractivity contribution in [2.75, 3.05) is 52.5 Å². The number of nitrogens with one attached hydrogen (secondary N) is 5. The normalized spacial score (nSPS) is 10.8. The van der Waals surface area contributed by atoms with E-state index in [9.17, 15) is 24.0 Å². The lowest BCUT2D eigenvalue weighted by atomic mass is 9.89. The molecular formula is C20H38N6O7. The number of carbonyl (C=O) groups is 5. The SMILES string of the molecule is CC(C)(CCO)C(=O)NCC(=O)NCCOCCC(=O)NCC(=O)NCCCCNC(N)=O. The van der Waals surface area contributed by atoms with Gasteiger partial charge in [-0.2, -0.15) is 0 Å². The first-order valence-electron chi connectivity index (χ1n) is 10.9. The molecule has 0 aromatic heterocycles. The van der Waals surface area contributed by atoms with Crippen molar-refractivity contribution in [2.45, 2.75) is 39.5 Å². The molecule has 0 aromatic carbocycles. The van der Waals surface area contributed by atoms with Gasteiger partial charge in [-0.1, -0.05) is 13.8 Å². The van der Waals surface area contributed by atoms with Gasteiger partial charge in [-0.3, -0.25) is 19.2 Å². The number of urea groups is 1. The Balaban J connectivity index is 3.66. The van der Waals surface area contributed by atoms with Crippen molar-refractivity contribution < 1.29 is 33.8 Å². The first-order valence-corrected chi connectivity index (χ1v) is 10.9. The number of nitrogens with two attached hydrogens (primary N) is 1. The molecule has 0 unspecified atom stereocenters.